The Morgan fingerprint density at radius 2 is 2.00 bits per heavy atom. The third-order valence-electron chi connectivity index (χ3n) is 4.23. The van der Waals surface area contributed by atoms with Crippen LogP contribution in [-0.4, -0.2) is 29.7 Å². The molecule has 0 bridgehead atoms. The Balaban J connectivity index is 1.84. The van der Waals surface area contributed by atoms with Gasteiger partial charge in [-0.25, -0.2) is 0 Å². The Labute approximate surface area is 182 Å². The lowest BCUT2D eigenvalue weighted by atomic mass is 10.1. The van der Waals surface area contributed by atoms with Gasteiger partial charge in [-0.1, -0.05) is 51.8 Å². The molecule has 0 N–H and O–H groups in total. The normalized spacial score (nSPS) is 15.1. The van der Waals surface area contributed by atoms with Crippen molar-refractivity contribution in [3.05, 3.63) is 75.1 Å². The van der Waals surface area contributed by atoms with E-state index in [1.54, 1.807) is 25.3 Å². The topological polar surface area (TPSA) is 55.8 Å². The molecule has 1 fully saturated rings. The van der Waals surface area contributed by atoms with Gasteiger partial charge in [0.2, 0.25) is 0 Å². The van der Waals surface area contributed by atoms with E-state index in [1.165, 1.54) is 11.6 Å². The summed E-state index contributed by atoms with van der Waals surface area (Å²) in [6, 6.07) is 11.7. The zero-order valence-corrected chi connectivity index (χ0v) is 18.5. The van der Waals surface area contributed by atoms with Crippen LogP contribution >= 0.6 is 27.7 Å². The fourth-order valence-electron chi connectivity index (χ4n) is 2.82. The van der Waals surface area contributed by atoms with Crippen LogP contribution in [0.4, 0.5) is 4.79 Å². The lowest BCUT2D eigenvalue weighted by Gasteiger charge is -2.13. The molecule has 2 aromatic carbocycles. The Bertz CT molecular complexity index is 1000. The van der Waals surface area contributed by atoms with Crippen molar-refractivity contribution in [2.24, 2.45) is 0 Å². The molecule has 1 aliphatic rings. The van der Waals surface area contributed by atoms with Crippen molar-refractivity contribution in [1.29, 1.82) is 0 Å². The third-order valence-corrected chi connectivity index (χ3v) is 5.83. The van der Waals surface area contributed by atoms with E-state index >= 15 is 0 Å². The van der Waals surface area contributed by atoms with Crippen LogP contribution in [0.1, 0.15) is 16.7 Å². The number of amides is 2. The summed E-state index contributed by atoms with van der Waals surface area (Å²) in [5.74, 6) is 0.792. The molecule has 1 aliphatic heterocycles. The van der Waals surface area contributed by atoms with Crippen LogP contribution < -0.4 is 9.47 Å². The van der Waals surface area contributed by atoms with E-state index in [2.05, 4.69) is 28.6 Å². The minimum absolute atomic E-state index is 0.193. The van der Waals surface area contributed by atoms with Gasteiger partial charge in [0.1, 0.15) is 6.61 Å². The van der Waals surface area contributed by atoms with Gasteiger partial charge in [-0.2, -0.15) is 0 Å². The number of ether oxygens (including phenoxy) is 2. The molecule has 0 saturated carbocycles. The van der Waals surface area contributed by atoms with E-state index in [0.29, 0.717) is 28.6 Å². The zero-order chi connectivity index (χ0) is 21.0. The Morgan fingerprint density at radius 1 is 1.21 bits per heavy atom. The average molecular weight is 474 g/mol. The molecule has 0 spiro atoms. The van der Waals surface area contributed by atoms with Gasteiger partial charge in [0, 0.05) is 11.0 Å². The molecule has 0 aliphatic carbocycles. The Morgan fingerprint density at radius 3 is 2.69 bits per heavy atom. The summed E-state index contributed by atoms with van der Waals surface area (Å²) >= 11 is 4.43. The van der Waals surface area contributed by atoms with Gasteiger partial charge in [0.15, 0.2) is 11.5 Å². The summed E-state index contributed by atoms with van der Waals surface area (Å²) in [5.41, 5.74) is 2.94. The Kier molecular flexibility index (Phi) is 6.82. The van der Waals surface area contributed by atoms with E-state index in [1.807, 2.05) is 25.1 Å². The summed E-state index contributed by atoms with van der Waals surface area (Å²) in [5, 5.41) is -0.303. The predicted molar refractivity (Wildman–Crippen MR) is 119 cm³/mol. The lowest BCUT2D eigenvalue weighted by molar-refractivity contribution is -0.122. The first kappa shape index (κ1) is 21.2. The number of carbonyl (C=O) groups excluding carboxylic acids is 2. The first-order chi connectivity index (χ1) is 13.9. The summed E-state index contributed by atoms with van der Waals surface area (Å²) in [4.78, 5) is 25.9. The SMILES string of the molecule is C=CCN1C(=O)S/C(=C/c2cc(OC)c(OCc3cccc(C)c3)cc2Br)C1=O. The molecule has 2 aromatic rings. The van der Waals surface area contributed by atoms with Crippen LogP contribution in [0.3, 0.4) is 0 Å². The fraction of sp³-hybridized carbons (Fsp3) is 0.182. The van der Waals surface area contributed by atoms with Gasteiger partial charge in [-0.05, 0) is 48.0 Å². The molecule has 7 heteroatoms. The van der Waals surface area contributed by atoms with E-state index in [0.717, 1.165) is 26.7 Å². The van der Waals surface area contributed by atoms with Gasteiger partial charge in [-0.3, -0.25) is 14.5 Å². The van der Waals surface area contributed by atoms with Crippen LogP contribution in [0.25, 0.3) is 6.08 Å². The maximum atomic E-state index is 12.4. The highest BCUT2D eigenvalue weighted by molar-refractivity contribution is 9.10. The van der Waals surface area contributed by atoms with Gasteiger partial charge >= 0.3 is 0 Å². The van der Waals surface area contributed by atoms with Crippen LogP contribution in [0, 0.1) is 6.92 Å². The minimum Gasteiger partial charge on any atom is -0.493 e. The first-order valence-electron chi connectivity index (χ1n) is 8.85. The maximum Gasteiger partial charge on any atom is 0.293 e. The molecule has 2 amide bonds. The molecule has 3 rings (SSSR count). The number of rotatable bonds is 7. The number of halogens is 1. The molecule has 0 unspecified atom stereocenters. The zero-order valence-electron chi connectivity index (χ0n) is 16.1. The van der Waals surface area contributed by atoms with Crippen molar-refractivity contribution >= 4 is 44.9 Å². The molecular weight excluding hydrogens is 454 g/mol. The molecular formula is C22H20BrNO4S. The number of imide groups is 1. The average Bonchev–Trinajstić information content (AvgIpc) is 2.96. The number of methoxy groups -OCH3 is 1. The number of aryl methyl sites for hydroxylation is 1. The van der Waals surface area contributed by atoms with Crippen LogP contribution in [0.2, 0.25) is 0 Å². The number of benzene rings is 2. The number of hydrogen-bond acceptors (Lipinski definition) is 5. The maximum absolute atomic E-state index is 12.4. The quantitative estimate of drug-likeness (QED) is 0.388. The highest BCUT2D eigenvalue weighted by Crippen LogP contribution is 2.38. The number of nitrogens with zero attached hydrogens (tertiary/aromatic N) is 1. The minimum atomic E-state index is -0.328. The van der Waals surface area contributed by atoms with E-state index < -0.39 is 0 Å². The van der Waals surface area contributed by atoms with E-state index in [4.69, 9.17) is 9.47 Å². The molecule has 0 atom stereocenters. The van der Waals surface area contributed by atoms with Crippen molar-refractivity contribution in [3.63, 3.8) is 0 Å². The van der Waals surface area contributed by atoms with E-state index in [9.17, 15) is 9.59 Å². The molecule has 0 radical (unpaired) electrons. The largest absolute Gasteiger partial charge is 0.493 e. The van der Waals surface area contributed by atoms with Gasteiger partial charge < -0.3 is 9.47 Å². The van der Waals surface area contributed by atoms with Crippen molar-refractivity contribution in [1.82, 2.24) is 4.90 Å². The van der Waals surface area contributed by atoms with Crippen molar-refractivity contribution in [2.75, 3.05) is 13.7 Å². The Hall–Kier alpha value is -2.51. The van der Waals surface area contributed by atoms with Crippen molar-refractivity contribution < 1.29 is 19.1 Å². The fourth-order valence-corrected chi connectivity index (χ4v) is 4.10. The second kappa shape index (κ2) is 9.33. The third kappa shape index (κ3) is 4.92. The molecule has 1 heterocycles. The molecule has 0 aromatic heterocycles. The standard InChI is InChI=1S/C22H20BrNO4S/c1-4-8-24-21(25)20(29-22(24)26)11-16-10-18(27-3)19(12-17(16)23)28-13-15-7-5-6-14(2)9-15/h4-7,9-12H,1,8,13H2,2-3H3/b20-11+. The first-order valence-corrected chi connectivity index (χ1v) is 10.5. The van der Waals surface area contributed by atoms with Crippen LogP contribution in [0.5, 0.6) is 11.5 Å². The van der Waals surface area contributed by atoms with Gasteiger partial charge in [-0.15, -0.1) is 6.58 Å². The molecule has 1 saturated heterocycles. The van der Waals surface area contributed by atoms with Gasteiger partial charge in [0.25, 0.3) is 11.1 Å². The summed E-state index contributed by atoms with van der Waals surface area (Å²) in [6.45, 7) is 6.21. The van der Waals surface area contributed by atoms with Crippen LogP contribution in [0.15, 0.2) is 58.4 Å². The smallest absolute Gasteiger partial charge is 0.293 e. The second-order valence-corrected chi connectivity index (χ2v) is 8.23. The predicted octanol–water partition coefficient (Wildman–Crippen LogP) is 5.57. The molecule has 150 valence electrons. The number of hydrogen-bond donors (Lipinski definition) is 0. The number of thioether (sulfide) groups is 1. The highest BCUT2D eigenvalue weighted by Gasteiger charge is 2.34. The summed E-state index contributed by atoms with van der Waals surface area (Å²) in [6.07, 6.45) is 3.20. The monoisotopic (exact) mass is 473 g/mol. The van der Waals surface area contributed by atoms with E-state index in [-0.39, 0.29) is 17.7 Å². The molecule has 5 nitrogen and oxygen atoms in total. The van der Waals surface area contributed by atoms with Crippen molar-refractivity contribution in [2.45, 2.75) is 13.5 Å². The number of carbonyl (C=O) groups is 2. The van der Waals surface area contributed by atoms with Crippen molar-refractivity contribution in [3.8, 4) is 11.5 Å². The highest BCUT2D eigenvalue weighted by atomic mass is 79.9. The van der Waals surface area contributed by atoms with Gasteiger partial charge in [0.05, 0.1) is 12.0 Å². The summed E-state index contributed by atoms with van der Waals surface area (Å²) in [7, 11) is 1.56. The second-order valence-electron chi connectivity index (χ2n) is 6.38. The van der Waals surface area contributed by atoms with Crippen LogP contribution in [-0.2, 0) is 11.4 Å². The lowest BCUT2D eigenvalue weighted by Crippen LogP contribution is -2.27. The molecule has 29 heavy (non-hydrogen) atoms. The summed E-state index contributed by atoms with van der Waals surface area (Å²) < 4.78 is 12.1.